The minimum absolute atomic E-state index is 0.101. The largest absolute Gasteiger partial charge is 0.462 e. The number of hydrogen-bond donors (Lipinski definition) is 0. The molecule has 0 aliphatic heterocycles. The second kappa shape index (κ2) is 53.2. The molecule has 0 fully saturated rings. The predicted molar refractivity (Wildman–Crippen MR) is 279 cm³/mol. The molecule has 0 aromatic heterocycles. The molecule has 6 heteroatoms. The highest BCUT2D eigenvalue weighted by atomic mass is 16.6. The van der Waals surface area contributed by atoms with Gasteiger partial charge in [0, 0.05) is 19.3 Å². The van der Waals surface area contributed by atoms with Crippen LogP contribution in [0.15, 0.2) is 85.1 Å². The fourth-order valence-electron chi connectivity index (χ4n) is 7.22. The highest BCUT2D eigenvalue weighted by molar-refractivity contribution is 5.71. The van der Waals surface area contributed by atoms with Gasteiger partial charge < -0.3 is 14.2 Å². The van der Waals surface area contributed by atoms with Gasteiger partial charge in [-0.2, -0.15) is 0 Å². The van der Waals surface area contributed by atoms with Crippen LogP contribution in [0.1, 0.15) is 252 Å². The molecule has 0 rings (SSSR count). The summed E-state index contributed by atoms with van der Waals surface area (Å²) in [6.45, 7) is 6.51. The molecule has 0 amide bonds. The van der Waals surface area contributed by atoms with Crippen LogP contribution >= 0.6 is 0 Å². The summed E-state index contributed by atoms with van der Waals surface area (Å²) in [4.78, 5) is 38.0. The third kappa shape index (κ3) is 51.4. The van der Waals surface area contributed by atoms with E-state index in [0.717, 1.165) is 89.9 Å². The number of esters is 3. The lowest BCUT2D eigenvalue weighted by molar-refractivity contribution is -0.167. The molecule has 0 saturated heterocycles. The normalized spacial score (nSPS) is 12.7. The van der Waals surface area contributed by atoms with Crippen molar-refractivity contribution in [2.75, 3.05) is 13.2 Å². The number of carbonyl (C=O) groups excluding carboxylic acids is 3. The minimum Gasteiger partial charge on any atom is -0.462 e. The molecule has 0 aromatic rings. The maximum absolute atomic E-state index is 12.8. The monoisotopic (exact) mass is 905 g/mol. The van der Waals surface area contributed by atoms with Gasteiger partial charge in [-0.3, -0.25) is 14.4 Å². The quantitative estimate of drug-likeness (QED) is 0.0262. The van der Waals surface area contributed by atoms with Crippen molar-refractivity contribution < 1.29 is 28.6 Å². The van der Waals surface area contributed by atoms with Gasteiger partial charge in [-0.05, 0) is 116 Å². The molecule has 6 nitrogen and oxygen atoms in total. The lowest BCUT2D eigenvalue weighted by Crippen LogP contribution is -2.30. The Morgan fingerprint density at radius 1 is 0.308 bits per heavy atom. The molecule has 0 unspecified atom stereocenters. The summed E-state index contributed by atoms with van der Waals surface area (Å²) in [5.74, 6) is -0.975. The Bertz CT molecular complexity index is 1270. The minimum atomic E-state index is -0.806. The van der Waals surface area contributed by atoms with Crippen LogP contribution in [0.4, 0.5) is 0 Å². The van der Waals surface area contributed by atoms with Gasteiger partial charge in [0.05, 0.1) is 0 Å². The van der Waals surface area contributed by atoms with Crippen LogP contribution < -0.4 is 0 Å². The maximum Gasteiger partial charge on any atom is 0.306 e. The fraction of sp³-hybridized carbons (Fsp3) is 0.712. The second-order valence-electron chi connectivity index (χ2n) is 17.8. The topological polar surface area (TPSA) is 78.9 Å². The molecule has 0 aliphatic rings. The first kappa shape index (κ1) is 61.6. The van der Waals surface area contributed by atoms with Crippen molar-refractivity contribution in [2.24, 2.45) is 0 Å². The smallest absolute Gasteiger partial charge is 0.306 e. The zero-order valence-corrected chi connectivity index (χ0v) is 42.5. The third-order valence-corrected chi connectivity index (χ3v) is 11.3. The molecule has 0 bridgehead atoms. The predicted octanol–water partition coefficient (Wildman–Crippen LogP) is 18.0. The van der Waals surface area contributed by atoms with Gasteiger partial charge in [0.25, 0.3) is 0 Å². The Morgan fingerprint density at radius 3 is 0.969 bits per heavy atom. The number of allylic oxidation sites excluding steroid dienone is 14. The molecule has 65 heavy (non-hydrogen) atoms. The van der Waals surface area contributed by atoms with Gasteiger partial charge in [0.2, 0.25) is 0 Å². The number of rotatable bonds is 48. The molecule has 0 N–H and O–H groups in total. The molecule has 0 saturated carbocycles. The van der Waals surface area contributed by atoms with Crippen LogP contribution in [0.25, 0.3) is 0 Å². The molecule has 1 atom stereocenters. The Morgan fingerprint density at radius 2 is 0.569 bits per heavy atom. The van der Waals surface area contributed by atoms with Crippen molar-refractivity contribution in [3.8, 4) is 0 Å². The van der Waals surface area contributed by atoms with Gasteiger partial charge in [-0.15, -0.1) is 0 Å². The lowest BCUT2D eigenvalue weighted by atomic mass is 10.1. The summed E-state index contributed by atoms with van der Waals surface area (Å²) < 4.78 is 16.8. The van der Waals surface area contributed by atoms with E-state index in [1.54, 1.807) is 0 Å². The third-order valence-electron chi connectivity index (χ3n) is 11.3. The van der Waals surface area contributed by atoms with Gasteiger partial charge >= 0.3 is 17.9 Å². The van der Waals surface area contributed by atoms with Crippen LogP contribution in [-0.4, -0.2) is 37.2 Å². The van der Waals surface area contributed by atoms with Gasteiger partial charge in [0.1, 0.15) is 13.2 Å². The van der Waals surface area contributed by atoms with Gasteiger partial charge in [-0.25, -0.2) is 0 Å². The van der Waals surface area contributed by atoms with Crippen molar-refractivity contribution in [1.82, 2.24) is 0 Å². The Kier molecular flexibility index (Phi) is 50.4. The number of unbranched alkanes of at least 4 members (excludes halogenated alkanes) is 23. The van der Waals surface area contributed by atoms with Gasteiger partial charge in [-0.1, -0.05) is 202 Å². The van der Waals surface area contributed by atoms with E-state index in [-0.39, 0.29) is 37.5 Å². The van der Waals surface area contributed by atoms with E-state index in [1.165, 1.54) is 116 Å². The zero-order chi connectivity index (χ0) is 47.2. The summed E-state index contributed by atoms with van der Waals surface area (Å²) in [5.41, 5.74) is 0. The Hall–Kier alpha value is -3.41. The molecule has 0 spiro atoms. The average Bonchev–Trinajstić information content (AvgIpc) is 3.30. The van der Waals surface area contributed by atoms with E-state index in [4.69, 9.17) is 14.2 Å². The Balaban J connectivity index is 4.48. The van der Waals surface area contributed by atoms with Crippen molar-refractivity contribution in [3.05, 3.63) is 85.1 Å². The van der Waals surface area contributed by atoms with Gasteiger partial charge in [0.15, 0.2) is 6.10 Å². The van der Waals surface area contributed by atoms with Crippen molar-refractivity contribution in [1.29, 1.82) is 0 Å². The molecular weight excluding hydrogens is 805 g/mol. The van der Waals surface area contributed by atoms with E-state index in [2.05, 4.69) is 106 Å². The van der Waals surface area contributed by atoms with Crippen LogP contribution in [0.3, 0.4) is 0 Å². The van der Waals surface area contributed by atoms with E-state index >= 15 is 0 Å². The highest BCUT2D eigenvalue weighted by Crippen LogP contribution is 2.13. The number of ether oxygens (including phenoxy) is 3. The fourth-order valence-corrected chi connectivity index (χ4v) is 7.22. The van der Waals surface area contributed by atoms with E-state index < -0.39 is 6.10 Å². The number of carbonyl (C=O) groups is 3. The molecular formula is C59H100O6. The molecule has 0 aliphatic carbocycles. The summed E-state index contributed by atoms with van der Waals surface area (Å²) in [5, 5.41) is 0. The molecule has 0 radical (unpaired) electrons. The zero-order valence-electron chi connectivity index (χ0n) is 42.5. The van der Waals surface area contributed by atoms with E-state index in [1.807, 2.05) is 0 Å². The summed E-state index contributed by atoms with van der Waals surface area (Å²) in [7, 11) is 0. The maximum atomic E-state index is 12.8. The molecule has 0 heterocycles. The first-order valence-electron chi connectivity index (χ1n) is 27.1. The summed E-state index contributed by atoms with van der Waals surface area (Å²) >= 11 is 0. The SMILES string of the molecule is CCCCC/C=C\C/C=C\C/C=C\C/C=C\CCCC(=O)OC[C@H](COC(=O)CCCCCCCCC/C=C\C/C=C\CCCCC)OC(=O)CCCCCCC/C=C\CCCCCC. The second-order valence-corrected chi connectivity index (χ2v) is 17.8. The Labute approximate surface area is 401 Å². The van der Waals surface area contributed by atoms with Crippen molar-refractivity contribution in [3.63, 3.8) is 0 Å². The van der Waals surface area contributed by atoms with E-state index in [0.29, 0.717) is 19.3 Å². The standard InChI is InChI=1S/C59H100O6/c1-4-7-10-13-16-19-22-25-27-29-31-34-36-39-42-45-48-51-57(60)63-54-56(65-59(62)53-50-47-44-41-38-33-24-21-18-15-12-9-6-3)55-64-58(61)52-49-46-43-40-37-35-32-30-28-26-23-20-17-14-11-8-5-2/h16-17,19-21,24-28,31,34,39,42,56H,4-15,18,22-23,29-30,32-33,35-38,40-41,43-55H2,1-3H3/b19-16-,20-17-,24-21-,27-25-,28-26-,34-31-,42-39-/t56-/m1/s1. The van der Waals surface area contributed by atoms with Crippen LogP contribution in [0.5, 0.6) is 0 Å². The van der Waals surface area contributed by atoms with Crippen LogP contribution in [-0.2, 0) is 28.6 Å². The average molecular weight is 905 g/mol. The van der Waals surface area contributed by atoms with Crippen LogP contribution in [0, 0.1) is 0 Å². The summed E-state index contributed by atoms with van der Waals surface area (Å²) in [6.07, 6.45) is 68.5. The van der Waals surface area contributed by atoms with Crippen molar-refractivity contribution in [2.45, 2.75) is 258 Å². The van der Waals surface area contributed by atoms with Crippen molar-refractivity contribution >= 4 is 17.9 Å². The first-order chi connectivity index (χ1) is 32.0. The molecule has 0 aromatic carbocycles. The lowest BCUT2D eigenvalue weighted by Gasteiger charge is -2.18. The van der Waals surface area contributed by atoms with Crippen LogP contribution in [0.2, 0.25) is 0 Å². The summed E-state index contributed by atoms with van der Waals surface area (Å²) in [6, 6.07) is 0. The molecule has 372 valence electrons. The van der Waals surface area contributed by atoms with E-state index in [9.17, 15) is 14.4 Å². The first-order valence-corrected chi connectivity index (χ1v) is 27.1. The highest BCUT2D eigenvalue weighted by Gasteiger charge is 2.19. The number of hydrogen-bond acceptors (Lipinski definition) is 6.